The Morgan fingerprint density at radius 1 is 1.03 bits per heavy atom. The molecule has 3 rings (SSSR count). The van der Waals surface area contributed by atoms with Crippen molar-refractivity contribution in [2.75, 3.05) is 27.4 Å². The Labute approximate surface area is 187 Å². The number of methoxy groups -OCH3 is 2. The molecule has 0 atom stereocenters. The first-order valence-corrected chi connectivity index (χ1v) is 10.5. The lowest BCUT2D eigenvalue weighted by atomic mass is 10.0. The summed E-state index contributed by atoms with van der Waals surface area (Å²) < 4.78 is 15.9. The number of amides is 1. The maximum atomic E-state index is 12.8. The van der Waals surface area contributed by atoms with E-state index in [-0.39, 0.29) is 12.5 Å². The third-order valence-electron chi connectivity index (χ3n) is 5.29. The molecule has 7 nitrogen and oxygen atoms in total. The number of esters is 1. The van der Waals surface area contributed by atoms with Crippen molar-refractivity contribution < 1.29 is 23.8 Å². The number of rotatable bonds is 9. The minimum atomic E-state index is -0.522. The Balaban J connectivity index is 1.59. The normalized spacial score (nSPS) is 10.6. The number of hydrogen-bond donors (Lipinski definition) is 1. The van der Waals surface area contributed by atoms with Crippen LogP contribution in [0.1, 0.15) is 34.1 Å². The van der Waals surface area contributed by atoms with Gasteiger partial charge in [-0.25, -0.2) is 4.79 Å². The van der Waals surface area contributed by atoms with Crippen LogP contribution in [0.5, 0.6) is 11.5 Å². The summed E-state index contributed by atoms with van der Waals surface area (Å²) in [6.07, 6.45) is 1.31. The molecule has 32 heavy (non-hydrogen) atoms. The molecule has 0 bridgehead atoms. The second-order valence-electron chi connectivity index (χ2n) is 7.29. The number of hydrogen-bond acceptors (Lipinski definition) is 6. The number of pyridine rings is 1. The van der Waals surface area contributed by atoms with Gasteiger partial charge >= 0.3 is 5.97 Å². The molecule has 1 heterocycles. The molecule has 0 saturated carbocycles. The summed E-state index contributed by atoms with van der Waals surface area (Å²) in [5, 5.41) is 3.50. The zero-order valence-corrected chi connectivity index (χ0v) is 18.9. The fourth-order valence-electron chi connectivity index (χ4n) is 3.60. The van der Waals surface area contributed by atoms with Gasteiger partial charge in [-0.15, -0.1) is 0 Å². The highest BCUT2D eigenvalue weighted by Gasteiger charge is 2.19. The van der Waals surface area contributed by atoms with Crippen molar-refractivity contribution in [2.45, 2.75) is 26.7 Å². The molecule has 3 aromatic rings. The molecule has 168 valence electrons. The van der Waals surface area contributed by atoms with Crippen molar-refractivity contribution in [3.63, 3.8) is 0 Å². The summed E-state index contributed by atoms with van der Waals surface area (Å²) in [6, 6.07) is 13.0. The Kier molecular flexibility index (Phi) is 7.65. The van der Waals surface area contributed by atoms with Crippen molar-refractivity contribution in [1.82, 2.24) is 10.3 Å². The van der Waals surface area contributed by atoms with Crippen LogP contribution in [0.2, 0.25) is 0 Å². The molecular weight excluding hydrogens is 408 g/mol. The van der Waals surface area contributed by atoms with E-state index in [0.717, 1.165) is 27.7 Å². The smallest absolute Gasteiger partial charge is 0.339 e. The first kappa shape index (κ1) is 23.1. The number of para-hydroxylation sites is 1. The van der Waals surface area contributed by atoms with Gasteiger partial charge < -0.3 is 19.5 Å². The Morgan fingerprint density at radius 3 is 2.50 bits per heavy atom. The van der Waals surface area contributed by atoms with Crippen molar-refractivity contribution in [1.29, 1.82) is 0 Å². The van der Waals surface area contributed by atoms with E-state index in [1.165, 1.54) is 0 Å². The molecule has 0 spiro atoms. The summed E-state index contributed by atoms with van der Waals surface area (Å²) in [6.45, 7) is 3.91. The van der Waals surface area contributed by atoms with Gasteiger partial charge in [-0.3, -0.25) is 9.78 Å². The minimum Gasteiger partial charge on any atom is -0.493 e. The minimum absolute atomic E-state index is 0.345. The zero-order chi connectivity index (χ0) is 23.1. The van der Waals surface area contributed by atoms with Crippen molar-refractivity contribution in [2.24, 2.45) is 0 Å². The summed E-state index contributed by atoms with van der Waals surface area (Å²) in [5.74, 6) is 0.408. The van der Waals surface area contributed by atoms with Crippen molar-refractivity contribution in [3.05, 3.63) is 64.8 Å². The molecule has 2 aromatic carbocycles. The number of nitrogens with zero attached hydrogens (tertiary/aromatic N) is 1. The fourth-order valence-corrected chi connectivity index (χ4v) is 3.60. The van der Waals surface area contributed by atoms with E-state index in [1.54, 1.807) is 14.2 Å². The molecular formula is C25H28N2O5. The molecule has 0 fully saturated rings. The number of benzene rings is 2. The molecule has 1 amide bonds. The highest BCUT2D eigenvalue weighted by Crippen LogP contribution is 2.27. The quantitative estimate of drug-likeness (QED) is 0.516. The number of nitrogens with one attached hydrogen (secondary N) is 1. The standard InChI is InChI=1S/C25H28N2O5/c1-5-19-16(2)24(18-8-6-7-9-20(18)27-19)25(29)32-15-23(28)26-13-12-17-10-11-21(30-3)22(14-17)31-4/h6-11,14H,5,12-13,15H2,1-4H3,(H,26,28). The van der Waals surface area contributed by atoms with Crippen LogP contribution in [0, 0.1) is 6.92 Å². The van der Waals surface area contributed by atoms with Gasteiger partial charge in [-0.2, -0.15) is 0 Å². The summed E-state index contributed by atoms with van der Waals surface area (Å²) in [4.78, 5) is 29.7. The van der Waals surface area contributed by atoms with Crippen LogP contribution >= 0.6 is 0 Å². The number of carbonyl (C=O) groups excluding carboxylic acids is 2. The highest BCUT2D eigenvalue weighted by molar-refractivity contribution is 6.05. The second kappa shape index (κ2) is 10.6. The van der Waals surface area contributed by atoms with Crippen LogP contribution in [0.4, 0.5) is 0 Å². The summed E-state index contributed by atoms with van der Waals surface area (Å²) in [7, 11) is 3.16. The topological polar surface area (TPSA) is 86.8 Å². The van der Waals surface area contributed by atoms with Crippen molar-refractivity contribution in [3.8, 4) is 11.5 Å². The predicted octanol–water partition coefficient (Wildman–Crippen LogP) is 3.64. The largest absolute Gasteiger partial charge is 0.493 e. The van der Waals surface area contributed by atoms with E-state index in [4.69, 9.17) is 14.2 Å². The highest BCUT2D eigenvalue weighted by atomic mass is 16.5. The van der Waals surface area contributed by atoms with Crippen LogP contribution in [0.15, 0.2) is 42.5 Å². The first-order valence-electron chi connectivity index (χ1n) is 10.5. The maximum Gasteiger partial charge on any atom is 0.339 e. The Morgan fingerprint density at radius 2 is 1.78 bits per heavy atom. The fraction of sp³-hybridized carbons (Fsp3) is 0.320. The number of aryl methyl sites for hydroxylation is 1. The van der Waals surface area contributed by atoms with Gasteiger partial charge in [0.2, 0.25) is 0 Å². The Hall–Kier alpha value is -3.61. The average Bonchev–Trinajstić information content (AvgIpc) is 2.82. The van der Waals surface area contributed by atoms with Gasteiger partial charge in [-0.1, -0.05) is 31.2 Å². The van der Waals surface area contributed by atoms with E-state index >= 15 is 0 Å². The lowest BCUT2D eigenvalue weighted by Crippen LogP contribution is -2.30. The van der Waals surface area contributed by atoms with Gasteiger partial charge in [0, 0.05) is 17.6 Å². The van der Waals surface area contributed by atoms with Crippen LogP contribution < -0.4 is 14.8 Å². The third kappa shape index (κ3) is 5.17. The summed E-state index contributed by atoms with van der Waals surface area (Å²) >= 11 is 0. The lowest BCUT2D eigenvalue weighted by Gasteiger charge is -2.13. The van der Waals surface area contributed by atoms with Crippen LogP contribution in [-0.4, -0.2) is 44.2 Å². The number of fused-ring (bicyclic) bond motifs is 1. The average molecular weight is 437 g/mol. The van der Waals surface area contributed by atoms with Crippen LogP contribution in [0.3, 0.4) is 0 Å². The van der Waals surface area contributed by atoms with Gasteiger partial charge in [0.1, 0.15) is 0 Å². The summed E-state index contributed by atoms with van der Waals surface area (Å²) in [5.41, 5.74) is 3.82. The predicted molar refractivity (Wildman–Crippen MR) is 122 cm³/mol. The molecule has 0 radical (unpaired) electrons. The van der Waals surface area contributed by atoms with E-state index in [0.29, 0.717) is 36.4 Å². The van der Waals surface area contributed by atoms with Gasteiger partial charge in [-0.05, 0) is 49.1 Å². The zero-order valence-electron chi connectivity index (χ0n) is 18.9. The molecule has 1 N–H and O–H groups in total. The molecule has 7 heteroatoms. The van der Waals surface area contributed by atoms with Crippen LogP contribution in [0.25, 0.3) is 10.9 Å². The number of ether oxygens (including phenoxy) is 3. The molecule has 0 unspecified atom stereocenters. The van der Waals surface area contributed by atoms with Gasteiger partial charge in [0.25, 0.3) is 5.91 Å². The van der Waals surface area contributed by atoms with E-state index in [9.17, 15) is 9.59 Å². The van der Waals surface area contributed by atoms with Gasteiger partial charge in [0.15, 0.2) is 18.1 Å². The maximum absolute atomic E-state index is 12.8. The SMILES string of the molecule is CCc1nc2ccccc2c(C(=O)OCC(=O)NCCc2ccc(OC)c(OC)c2)c1C. The van der Waals surface area contributed by atoms with Crippen molar-refractivity contribution >= 4 is 22.8 Å². The Bertz CT molecular complexity index is 1130. The first-order chi connectivity index (χ1) is 15.5. The monoisotopic (exact) mass is 436 g/mol. The van der Waals surface area contributed by atoms with Gasteiger partial charge in [0.05, 0.1) is 25.3 Å². The second-order valence-corrected chi connectivity index (χ2v) is 7.29. The number of aromatic nitrogens is 1. The molecule has 0 saturated heterocycles. The van der Waals surface area contributed by atoms with E-state index in [2.05, 4.69) is 10.3 Å². The lowest BCUT2D eigenvalue weighted by molar-refractivity contribution is -0.124. The molecule has 0 aliphatic heterocycles. The molecule has 0 aliphatic rings. The van der Waals surface area contributed by atoms with E-state index < -0.39 is 5.97 Å². The van der Waals surface area contributed by atoms with E-state index in [1.807, 2.05) is 56.3 Å². The molecule has 1 aromatic heterocycles. The molecule has 0 aliphatic carbocycles. The third-order valence-corrected chi connectivity index (χ3v) is 5.29. The number of carbonyl (C=O) groups is 2. The van der Waals surface area contributed by atoms with Crippen LogP contribution in [-0.2, 0) is 22.4 Å².